The fraction of sp³-hybridized carbons (Fsp3) is 0.417. The van der Waals surface area contributed by atoms with Crippen LogP contribution in [0.2, 0.25) is 0 Å². The van der Waals surface area contributed by atoms with Gasteiger partial charge in [-0.25, -0.2) is 9.97 Å². The van der Waals surface area contributed by atoms with Crippen molar-refractivity contribution in [3.05, 3.63) is 25.6 Å². The molecule has 1 amide bonds. The van der Waals surface area contributed by atoms with E-state index in [0.29, 0.717) is 10.8 Å². The van der Waals surface area contributed by atoms with Crippen LogP contribution in [0.4, 0.5) is 5.13 Å². The molecule has 0 unspecified atom stereocenters. The Hall–Kier alpha value is -0.790. The van der Waals surface area contributed by atoms with E-state index in [2.05, 4.69) is 31.2 Å². The minimum atomic E-state index is -0.197. The third-order valence-corrected chi connectivity index (χ3v) is 5.68. The second-order valence-electron chi connectivity index (χ2n) is 4.38. The molecule has 2 aromatic rings. The summed E-state index contributed by atoms with van der Waals surface area (Å²) in [6.07, 6.45) is 5.81. The number of carbonyl (C=O) groups is 1. The highest BCUT2D eigenvalue weighted by atomic mass is 79.9. The topological polar surface area (TPSA) is 54.9 Å². The largest absolute Gasteiger partial charge is 0.296 e. The van der Waals surface area contributed by atoms with Gasteiger partial charge < -0.3 is 0 Å². The van der Waals surface area contributed by atoms with E-state index in [1.807, 2.05) is 0 Å². The molecule has 0 aliphatic heterocycles. The van der Waals surface area contributed by atoms with Gasteiger partial charge in [0.25, 0.3) is 5.91 Å². The molecule has 0 aromatic carbocycles. The van der Waals surface area contributed by atoms with Gasteiger partial charge in [0.1, 0.15) is 3.79 Å². The number of carbonyl (C=O) groups excluding carboxylic acids is 1. The molecule has 7 heteroatoms. The fourth-order valence-electron chi connectivity index (χ4n) is 2.12. The highest BCUT2D eigenvalue weighted by molar-refractivity contribution is 9.11. The number of amides is 1. The second-order valence-corrected chi connectivity index (χ2v) is 7.63. The summed E-state index contributed by atoms with van der Waals surface area (Å²) in [5.41, 5.74) is 3.24. The molecule has 0 fully saturated rings. The standard InChI is InChI=1S/C12H12BrN3OS2/c13-10-9(14-6-18-10)11(17)16-12-15-7-4-2-1-3-5-8(7)19-12/h6H,1-5H2,(H,15,16,17). The van der Waals surface area contributed by atoms with Crippen LogP contribution in [0.5, 0.6) is 0 Å². The summed E-state index contributed by atoms with van der Waals surface area (Å²) >= 11 is 6.32. The van der Waals surface area contributed by atoms with Gasteiger partial charge >= 0.3 is 0 Å². The lowest BCUT2D eigenvalue weighted by Gasteiger charge is -1.98. The quantitative estimate of drug-likeness (QED) is 0.829. The molecule has 1 aliphatic carbocycles. The van der Waals surface area contributed by atoms with Crippen molar-refractivity contribution >= 4 is 49.6 Å². The number of hydrogen-bond acceptors (Lipinski definition) is 5. The smallest absolute Gasteiger partial charge is 0.278 e. The first-order valence-corrected chi connectivity index (χ1v) is 8.62. The van der Waals surface area contributed by atoms with Crippen molar-refractivity contribution in [1.82, 2.24) is 9.97 Å². The van der Waals surface area contributed by atoms with Gasteiger partial charge in [0.2, 0.25) is 0 Å². The Labute approximate surface area is 127 Å². The Morgan fingerprint density at radius 2 is 2.16 bits per heavy atom. The van der Waals surface area contributed by atoms with Crippen LogP contribution in [0.3, 0.4) is 0 Å². The second kappa shape index (κ2) is 5.68. The van der Waals surface area contributed by atoms with E-state index in [1.54, 1.807) is 16.8 Å². The molecule has 3 rings (SSSR count). The number of aromatic nitrogens is 2. The molecule has 0 saturated heterocycles. The number of aryl methyl sites for hydroxylation is 2. The van der Waals surface area contributed by atoms with Gasteiger partial charge in [0, 0.05) is 4.88 Å². The zero-order chi connectivity index (χ0) is 13.2. The van der Waals surface area contributed by atoms with E-state index < -0.39 is 0 Å². The van der Waals surface area contributed by atoms with E-state index >= 15 is 0 Å². The lowest BCUT2D eigenvalue weighted by atomic mass is 10.2. The van der Waals surface area contributed by atoms with Crippen LogP contribution in [0.15, 0.2) is 9.30 Å². The third kappa shape index (κ3) is 2.88. The summed E-state index contributed by atoms with van der Waals surface area (Å²) in [6, 6.07) is 0. The molecule has 4 nitrogen and oxygen atoms in total. The Morgan fingerprint density at radius 1 is 1.32 bits per heavy atom. The average molecular weight is 358 g/mol. The van der Waals surface area contributed by atoms with Crippen LogP contribution in [-0.2, 0) is 12.8 Å². The predicted octanol–water partition coefficient (Wildman–Crippen LogP) is 3.88. The number of halogens is 1. The molecule has 0 spiro atoms. The summed E-state index contributed by atoms with van der Waals surface area (Å²) in [5.74, 6) is -0.197. The number of rotatable bonds is 2. The van der Waals surface area contributed by atoms with Crippen molar-refractivity contribution in [2.75, 3.05) is 5.32 Å². The van der Waals surface area contributed by atoms with Gasteiger partial charge in [-0.05, 0) is 41.6 Å². The molecular formula is C12H12BrN3OS2. The van der Waals surface area contributed by atoms with Crippen LogP contribution in [0.1, 0.15) is 40.3 Å². The van der Waals surface area contributed by atoms with Crippen molar-refractivity contribution < 1.29 is 4.79 Å². The molecule has 1 N–H and O–H groups in total. The first kappa shape index (κ1) is 13.2. The number of nitrogens with zero attached hydrogens (tertiary/aromatic N) is 2. The van der Waals surface area contributed by atoms with Gasteiger partial charge in [-0.1, -0.05) is 6.42 Å². The van der Waals surface area contributed by atoms with Crippen molar-refractivity contribution in [3.63, 3.8) is 0 Å². The first-order chi connectivity index (χ1) is 9.24. The molecule has 2 heterocycles. The average Bonchev–Trinajstić information content (AvgIpc) is 2.90. The molecule has 0 saturated carbocycles. The SMILES string of the molecule is O=C(Nc1nc2c(s1)CCCCC2)c1ncsc1Br. The molecule has 0 radical (unpaired) electrons. The van der Waals surface area contributed by atoms with E-state index in [0.717, 1.165) is 22.3 Å². The molecule has 2 aromatic heterocycles. The maximum absolute atomic E-state index is 12.0. The van der Waals surface area contributed by atoms with Gasteiger partial charge in [0.05, 0.1) is 11.2 Å². The summed E-state index contributed by atoms with van der Waals surface area (Å²) in [6.45, 7) is 0. The maximum atomic E-state index is 12.0. The van der Waals surface area contributed by atoms with Crippen LogP contribution in [-0.4, -0.2) is 15.9 Å². The molecule has 0 atom stereocenters. The number of fused-ring (bicyclic) bond motifs is 1. The Balaban J connectivity index is 1.77. The van der Waals surface area contributed by atoms with E-state index in [9.17, 15) is 4.79 Å². The molecule has 1 aliphatic rings. The van der Waals surface area contributed by atoms with Crippen LogP contribution < -0.4 is 5.32 Å². The van der Waals surface area contributed by atoms with E-state index in [-0.39, 0.29) is 5.91 Å². The highest BCUT2D eigenvalue weighted by Crippen LogP contribution is 2.29. The van der Waals surface area contributed by atoms with Gasteiger partial charge in [-0.3, -0.25) is 10.1 Å². The lowest BCUT2D eigenvalue weighted by molar-refractivity contribution is 0.102. The number of thiazole rings is 2. The monoisotopic (exact) mass is 357 g/mol. The van der Waals surface area contributed by atoms with Gasteiger partial charge in [-0.15, -0.1) is 22.7 Å². The van der Waals surface area contributed by atoms with Crippen molar-refractivity contribution in [2.45, 2.75) is 32.1 Å². The normalized spacial score (nSPS) is 14.8. The van der Waals surface area contributed by atoms with Crippen LogP contribution in [0, 0.1) is 0 Å². The Bertz CT molecular complexity index is 584. The summed E-state index contributed by atoms with van der Waals surface area (Å²) < 4.78 is 0.753. The number of hydrogen-bond donors (Lipinski definition) is 1. The third-order valence-electron chi connectivity index (χ3n) is 3.06. The first-order valence-electron chi connectivity index (χ1n) is 6.13. The van der Waals surface area contributed by atoms with Gasteiger partial charge in [-0.2, -0.15) is 0 Å². The molecule has 0 bridgehead atoms. The molecule has 19 heavy (non-hydrogen) atoms. The zero-order valence-electron chi connectivity index (χ0n) is 10.1. The van der Waals surface area contributed by atoms with Crippen molar-refractivity contribution in [3.8, 4) is 0 Å². The molecule has 100 valence electrons. The summed E-state index contributed by atoms with van der Waals surface area (Å²) in [5, 5.41) is 3.54. The number of nitrogens with one attached hydrogen (secondary N) is 1. The highest BCUT2D eigenvalue weighted by Gasteiger charge is 2.18. The summed E-state index contributed by atoms with van der Waals surface area (Å²) in [4.78, 5) is 22.0. The molecular weight excluding hydrogens is 346 g/mol. The van der Waals surface area contributed by atoms with Crippen LogP contribution in [0.25, 0.3) is 0 Å². The zero-order valence-corrected chi connectivity index (χ0v) is 13.3. The maximum Gasteiger partial charge on any atom is 0.278 e. The minimum absolute atomic E-state index is 0.197. The minimum Gasteiger partial charge on any atom is -0.296 e. The Morgan fingerprint density at radius 3 is 2.95 bits per heavy atom. The van der Waals surface area contributed by atoms with Gasteiger partial charge in [0.15, 0.2) is 10.8 Å². The predicted molar refractivity (Wildman–Crippen MR) is 81.1 cm³/mol. The van der Waals surface area contributed by atoms with E-state index in [1.165, 1.54) is 35.5 Å². The summed E-state index contributed by atoms with van der Waals surface area (Å²) in [7, 11) is 0. The lowest BCUT2D eigenvalue weighted by Crippen LogP contribution is -2.12. The fourth-order valence-corrected chi connectivity index (χ4v) is 4.20. The van der Waals surface area contributed by atoms with E-state index in [4.69, 9.17) is 0 Å². The van der Waals surface area contributed by atoms with Crippen LogP contribution >= 0.6 is 38.6 Å². The Kier molecular flexibility index (Phi) is 3.95. The van der Waals surface area contributed by atoms with Crippen molar-refractivity contribution in [1.29, 1.82) is 0 Å². The van der Waals surface area contributed by atoms with Crippen molar-refractivity contribution in [2.24, 2.45) is 0 Å². The number of anilines is 1.